The van der Waals surface area contributed by atoms with E-state index in [1.54, 1.807) is 10.6 Å². The van der Waals surface area contributed by atoms with Crippen LogP contribution in [0.5, 0.6) is 0 Å². The maximum absolute atomic E-state index is 5.88. The number of fused-ring (bicyclic) bond motifs is 1. The first-order valence-corrected chi connectivity index (χ1v) is 6.67. The summed E-state index contributed by atoms with van der Waals surface area (Å²) < 4.78 is 1.64. The lowest BCUT2D eigenvalue weighted by Gasteiger charge is -2.07. The minimum atomic E-state index is 0.424. The van der Waals surface area contributed by atoms with Gasteiger partial charge in [0.15, 0.2) is 0 Å². The van der Waals surface area contributed by atoms with E-state index in [4.69, 9.17) is 11.6 Å². The third-order valence-electron chi connectivity index (χ3n) is 2.05. The van der Waals surface area contributed by atoms with Gasteiger partial charge in [-0.15, -0.1) is 0 Å². The first-order valence-electron chi connectivity index (χ1n) is 4.90. The number of aromatic nitrogens is 4. The van der Waals surface area contributed by atoms with Gasteiger partial charge in [-0.05, 0) is 18.4 Å². The fourth-order valence-electron chi connectivity index (χ4n) is 1.34. The quantitative estimate of drug-likeness (QED) is 0.655. The third-order valence-corrected chi connectivity index (χ3v) is 2.94. The van der Waals surface area contributed by atoms with Gasteiger partial charge in [0, 0.05) is 12.6 Å². The Balaban J connectivity index is 2.12. The maximum Gasteiger partial charge on any atom is 0.255 e. The molecule has 0 atom stereocenters. The molecule has 0 spiro atoms. The molecule has 0 aliphatic heterocycles. The third kappa shape index (κ3) is 2.56. The van der Waals surface area contributed by atoms with Crippen LogP contribution < -0.4 is 5.32 Å². The summed E-state index contributed by atoms with van der Waals surface area (Å²) in [6.07, 6.45) is 4.65. The van der Waals surface area contributed by atoms with Gasteiger partial charge in [0.05, 0.1) is 0 Å². The summed E-state index contributed by atoms with van der Waals surface area (Å²) >= 11 is 7.72. The number of hydrogen-bond acceptors (Lipinski definition) is 5. The van der Waals surface area contributed by atoms with E-state index in [1.807, 2.05) is 11.8 Å². The number of rotatable bonds is 5. The van der Waals surface area contributed by atoms with Crippen molar-refractivity contribution in [1.82, 2.24) is 19.6 Å². The first kappa shape index (κ1) is 11.5. The Morgan fingerprint density at radius 2 is 2.44 bits per heavy atom. The maximum atomic E-state index is 5.88. The lowest BCUT2D eigenvalue weighted by molar-refractivity contribution is 0.906. The van der Waals surface area contributed by atoms with Gasteiger partial charge < -0.3 is 5.32 Å². The summed E-state index contributed by atoms with van der Waals surface area (Å²) in [5.74, 6) is 2.47. The molecule has 0 bridgehead atoms. The van der Waals surface area contributed by atoms with E-state index in [9.17, 15) is 0 Å². The van der Waals surface area contributed by atoms with Crippen LogP contribution in [0.15, 0.2) is 12.4 Å². The number of thioether (sulfide) groups is 1. The summed E-state index contributed by atoms with van der Waals surface area (Å²) in [6.45, 7) is 0.885. The smallest absolute Gasteiger partial charge is 0.255 e. The number of hydrogen-bond donors (Lipinski definition) is 1. The van der Waals surface area contributed by atoms with E-state index in [1.165, 1.54) is 6.33 Å². The Labute approximate surface area is 103 Å². The highest BCUT2D eigenvalue weighted by Gasteiger charge is 2.05. The molecule has 5 nitrogen and oxygen atoms in total. The monoisotopic (exact) mass is 257 g/mol. The average Bonchev–Trinajstić information content (AvgIpc) is 2.72. The summed E-state index contributed by atoms with van der Waals surface area (Å²) in [7, 11) is 0. The number of nitrogens with one attached hydrogen (secondary N) is 1. The summed E-state index contributed by atoms with van der Waals surface area (Å²) in [4.78, 5) is 8.05. The molecule has 0 aromatic carbocycles. The van der Waals surface area contributed by atoms with Gasteiger partial charge in [-0.3, -0.25) is 0 Å². The first-order chi connectivity index (χ1) is 7.81. The molecule has 86 valence electrons. The molecule has 0 unspecified atom stereocenters. The predicted octanol–water partition coefficient (Wildman–Crippen LogP) is 1.94. The van der Waals surface area contributed by atoms with E-state index in [-0.39, 0.29) is 0 Å². The van der Waals surface area contributed by atoms with Gasteiger partial charge >= 0.3 is 0 Å². The van der Waals surface area contributed by atoms with Gasteiger partial charge in [0.1, 0.15) is 17.3 Å². The zero-order valence-electron chi connectivity index (χ0n) is 8.85. The summed E-state index contributed by atoms with van der Waals surface area (Å²) in [5, 5.41) is 7.77. The van der Waals surface area contributed by atoms with Crippen LogP contribution in [0, 0.1) is 0 Å². The normalized spacial score (nSPS) is 10.9. The molecule has 1 N–H and O–H groups in total. The highest BCUT2D eigenvalue weighted by Crippen LogP contribution is 2.14. The molecule has 0 saturated heterocycles. The Kier molecular flexibility index (Phi) is 3.84. The van der Waals surface area contributed by atoms with Crippen LogP contribution in [0.1, 0.15) is 6.42 Å². The van der Waals surface area contributed by atoms with Crippen LogP contribution in [0.4, 0.5) is 5.82 Å². The highest BCUT2D eigenvalue weighted by molar-refractivity contribution is 7.98. The molecule has 2 aromatic heterocycles. The van der Waals surface area contributed by atoms with Gasteiger partial charge in [-0.1, -0.05) is 11.6 Å². The molecule has 2 heterocycles. The molecule has 0 fully saturated rings. The molecule has 2 aromatic rings. The molecular weight excluding hydrogens is 246 g/mol. The second-order valence-corrected chi connectivity index (χ2v) is 4.58. The van der Waals surface area contributed by atoms with E-state index in [0.29, 0.717) is 10.9 Å². The standard InChI is InChI=1S/C9H12ClN5S/c1-16-4-2-3-11-8-5-7(10)14-9-12-6-13-15(8)9/h5-6,11H,2-4H2,1H3. The largest absolute Gasteiger partial charge is 0.370 e. The number of anilines is 1. The number of halogens is 1. The van der Waals surface area contributed by atoms with Gasteiger partial charge in [-0.25, -0.2) is 0 Å². The summed E-state index contributed by atoms with van der Waals surface area (Å²) in [6, 6.07) is 1.75. The van der Waals surface area contributed by atoms with E-state index < -0.39 is 0 Å². The Bertz CT molecular complexity index is 472. The lowest BCUT2D eigenvalue weighted by atomic mass is 10.4. The molecule has 0 aliphatic carbocycles. The molecule has 0 aliphatic rings. The molecule has 0 amide bonds. The molecule has 0 radical (unpaired) electrons. The van der Waals surface area contributed by atoms with Crippen molar-refractivity contribution >= 4 is 35.0 Å². The van der Waals surface area contributed by atoms with Crippen molar-refractivity contribution in [3.8, 4) is 0 Å². The van der Waals surface area contributed by atoms with Crippen molar-refractivity contribution in [2.45, 2.75) is 6.42 Å². The minimum Gasteiger partial charge on any atom is -0.370 e. The second-order valence-electron chi connectivity index (χ2n) is 3.21. The fraction of sp³-hybridized carbons (Fsp3) is 0.444. The molecule has 2 rings (SSSR count). The SMILES string of the molecule is CSCCCNc1cc(Cl)nc2ncnn12. The van der Waals surface area contributed by atoms with Crippen LogP contribution >= 0.6 is 23.4 Å². The van der Waals surface area contributed by atoms with Crippen LogP contribution in [-0.2, 0) is 0 Å². The average molecular weight is 258 g/mol. The van der Waals surface area contributed by atoms with Gasteiger partial charge in [0.25, 0.3) is 5.78 Å². The molecular formula is C9H12ClN5S. The second kappa shape index (κ2) is 5.36. The minimum absolute atomic E-state index is 0.424. The topological polar surface area (TPSA) is 55.1 Å². The van der Waals surface area contributed by atoms with Crippen molar-refractivity contribution < 1.29 is 0 Å². The Morgan fingerprint density at radius 1 is 1.56 bits per heavy atom. The Morgan fingerprint density at radius 3 is 3.25 bits per heavy atom. The van der Waals surface area contributed by atoms with Crippen LogP contribution in [-0.4, -0.2) is 38.1 Å². The van der Waals surface area contributed by atoms with Gasteiger partial charge in [-0.2, -0.15) is 31.3 Å². The van der Waals surface area contributed by atoms with E-state index in [0.717, 1.165) is 24.5 Å². The highest BCUT2D eigenvalue weighted by atomic mass is 35.5. The summed E-state index contributed by atoms with van der Waals surface area (Å²) in [5.41, 5.74) is 0. The molecule has 16 heavy (non-hydrogen) atoms. The predicted molar refractivity (Wildman–Crippen MR) is 67.3 cm³/mol. The van der Waals surface area contributed by atoms with Crippen molar-refractivity contribution in [2.75, 3.05) is 23.9 Å². The lowest BCUT2D eigenvalue weighted by Crippen LogP contribution is -2.08. The van der Waals surface area contributed by atoms with E-state index in [2.05, 4.69) is 26.6 Å². The van der Waals surface area contributed by atoms with Gasteiger partial charge in [0.2, 0.25) is 0 Å². The van der Waals surface area contributed by atoms with Crippen molar-refractivity contribution in [3.63, 3.8) is 0 Å². The molecule has 0 saturated carbocycles. The van der Waals surface area contributed by atoms with E-state index >= 15 is 0 Å². The zero-order valence-corrected chi connectivity index (χ0v) is 10.4. The van der Waals surface area contributed by atoms with Crippen molar-refractivity contribution in [2.24, 2.45) is 0 Å². The van der Waals surface area contributed by atoms with Crippen LogP contribution in [0.25, 0.3) is 5.78 Å². The molecule has 7 heteroatoms. The van der Waals surface area contributed by atoms with Crippen molar-refractivity contribution in [1.29, 1.82) is 0 Å². The number of nitrogens with zero attached hydrogens (tertiary/aromatic N) is 4. The van der Waals surface area contributed by atoms with Crippen LogP contribution in [0.3, 0.4) is 0 Å². The fourth-order valence-corrected chi connectivity index (χ4v) is 1.95. The Hall–Kier alpha value is -1.01. The van der Waals surface area contributed by atoms with Crippen LogP contribution in [0.2, 0.25) is 5.15 Å². The van der Waals surface area contributed by atoms with Crippen molar-refractivity contribution in [3.05, 3.63) is 17.5 Å². The zero-order chi connectivity index (χ0) is 11.4.